The molecule has 0 saturated carbocycles. The van der Waals surface area contributed by atoms with E-state index in [0.29, 0.717) is 0 Å². The second-order valence-electron chi connectivity index (χ2n) is 9.58. The van der Waals surface area contributed by atoms with Gasteiger partial charge in [0.25, 0.3) is 0 Å². The van der Waals surface area contributed by atoms with Crippen LogP contribution in [0, 0.1) is 31.3 Å². The van der Waals surface area contributed by atoms with Gasteiger partial charge in [-0.25, -0.2) is 0 Å². The van der Waals surface area contributed by atoms with Gasteiger partial charge in [0, 0.05) is 48.7 Å². The molecule has 5 rings (SSSR count). The summed E-state index contributed by atoms with van der Waals surface area (Å²) in [6, 6.07) is 33.3. The van der Waals surface area contributed by atoms with E-state index in [2.05, 4.69) is 195 Å². The lowest BCUT2D eigenvalue weighted by atomic mass is 10.1. The molecular formula is C34H30Br5IN2. The molecular weight excluding hydrogens is 963 g/mol. The molecule has 218 valence electrons. The van der Waals surface area contributed by atoms with Crippen molar-refractivity contribution in [2.45, 2.75) is 27.7 Å². The lowest BCUT2D eigenvalue weighted by molar-refractivity contribution is 1.25. The van der Waals surface area contributed by atoms with E-state index in [4.69, 9.17) is 5.73 Å². The van der Waals surface area contributed by atoms with E-state index in [1.165, 1.54) is 25.8 Å². The number of rotatable bonds is 3. The third-order valence-corrected chi connectivity index (χ3v) is 10.8. The second-order valence-corrected chi connectivity index (χ2v) is 15.2. The number of aryl methyl sites for hydroxylation is 4. The Bertz CT molecular complexity index is 1530. The second kappa shape index (κ2) is 16.8. The van der Waals surface area contributed by atoms with Crippen molar-refractivity contribution < 1.29 is 0 Å². The summed E-state index contributed by atoms with van der Waals surface area (Å²) in [4.78, 5) is 2.26. The van der Waals surface area contributed by atoms with E-state index < -0.39 is 0 Å². The number of nitrogens with zero attached hydrogens (tertiary/aromatic N) is 1. The predicted octanol–water partition coefficient (Wildman–Crippen LogP) is 13.8. The molecule has 0 aliphatic rings. The summed E-state index contributed by atoms with van der Waals surface area (Å²) < 4.78 is 6.79. The zero-order valence-corrected chi connectivity index (χ0v) is 33.6. The van der Waals surface area contributed by atoms with Crippen LogP contribution in [0.25, 0.3) is 0 Å². The number of hydrogen-bond acceptors (Lipinski definition) is 2. The molecule has 0 atom stereocenters. The molecule has 0 saturated heterocycles. The minimum atomic E-state index is 0.799. The third-order valence-electron chi connectivity index (χ3n) is 6.22. The van der Waals surface area contributed by atoms with Crippen LogP contribution >= 0.6 is 102 Å². The van der Waals surface area contributed by atoms with Crippen molar-refractivity contribution in [3.63, 3.8) is 0 Å². The highest BCUT2D eigenvalue weighted by Crippen LogP contribution is 2.39. The molecule has 2 N–H and O–H groups in total. The molecule has 5 aromatic carbocycles. The molecule has 0 heterocycles. The Labute approximate surface area is 305 Å². The van der Waals surface area contributed by atoms with Crippen LogP contribution in [-0.2, 0) is 0 Å². The summed E-state index contributed by atoms with van der Waals surface area (Å²) >= 11 is 20.0. The van der Waals surface area contributed by atoms with Crippen molar-refractivity contribution in [2.24, 2.45) is 0 Å². The maximum absolute atomic E-state index is 5.50. The van der Waals surface area contributed by atoms with Crippen LogP contribution in [0.2, 0.25) is 0 Å². The van der Waals surface area contributed by atoms with Crippen molar-refractivity contribution in [3.8, 4) is 0 Å². The Morgan fingerprint density at radius 1 is 0.500 bits per heavy atom. The average molecular weight is 993 g/mol. The van der Waals surface area contributed by atoms with Gasteiger partial charge in [0.15, 0.2) is 0 Å². The number of halogens is 6. The van der Waals surface area contributed by atoms with Gasteiger partial charge in [-0.3, -0.25) is 0 Å². The molecule has 2 nitrogen and oxygen atoms in total. The van der Waals surface area contributed by atoms with Crippen LogP contribution < -0.4 is 10.6 Å². The fraction of sp³-hybridized carbons (Fsp3) is 0.118. The Hall–Kier alpha value is -1.17. The summed E-state index contributed by atoms with van der Waals surface area (Å²) in [5.74, 6) is 0. The van der Waals surface area contributed by atoms with E-state index in [0.717, 1.165) is 45.1 Å². The highest BCUT2D eigenvalue weighted by Gasteiger charge is 2.15. The highest BCUT2D eigenvalue weighted by atomic mass is 127. The van der Waals surface area contributed by atoms with Gasteiger partial charge in [0.2, 0.25) is 0 Å². The Morgan fingerprint density at radius 3 is 1.17 bits per heavy atom. The molecule has 5 aromatic rings. The van der Waals surface area contributed by atoms with Gasteiger partial charge in [0.1, 0.15) is 0 Å². The van der Waals surface area contributed by atoms with E-state index in [1.807, 2.05) is 37.3 Å². The van der Waals surface area contributed by atoms with Crippen LogP contribution in [0.15, 0.2) is 119 Å². The molecule has 0 spiro atoms. The topological polar surface area (TPSA) is 29.3 Å². The lowest BCUT2D eigenvalue weighted by Crippen LogP contribution is -2.10. The van der Waals surface area contributed by atoms with Crippen molar-refractivity contribution in [2.75, 3.05) is 10.6 Å². The molecule has 0 aliphatic carbocycles. The number of nitrogen functional groups attached to an aromatic ring is 1. The average Bonchev–Trinajstić information content (AvgIpc) is 2.93. The van der Waals surface area contributed by atoms with Crippen LogP contribution in [-0.4, -0.2) is 0 Å². The summed E-state index contributed by atoms with van der Waals surface area (Å²) in [5, 5.41) is 0. The maximum atomic E-state index is 5.50. The minimum Gasteiger partial charge on any atom is -0.399 e. The normalized spacial score (nSPS) is 10.2. The van der Waals surface area contributed by atoms with Crippen molar-refractivity contribution in [1.82, 2.24) is 0 Å². The standard InChI is InChI=1S/C21H18Br3N.C7H8BrN.C6H4BrI/c1-13-4-7-16(10-19(13)22)25(17-8-5-14(2)20(23)11-17)18-9-6-15(3)21(24)12-18;1-5-2-3-6(9)4-7(5)8;7-5-2-1-3-6(8)4-5/h4-12H,1-3H3;2-4H,9H2,1H3;1-4H. The maximum Gasteiger partial charge on any atom is 0.0473 e. The Balaban J connectivity index is 0.000000231. The summed E-state index contributed by atoms with van der Waals surface area (Å²) in [7, 11) is 0. The fourth-order valence-electron chi connectivity index (χ4n) is 3.68. The first-order valence-electron chi connectivity index (χ1n) is 12.9. The van der Waals surface area contributed by atoms with Gasteiger partial charge in [-0.05, 0) is 139 Å². The molecule has 0 bridgehead atoms. The van der Waals surface area contributed by atoms with Crippen LogP contribution in [0.1, 0.15) is 22.3 Å². The van der Waals surface area contributed by atoms with Crippen molar-refractivity contribution in [3.05, 3.63) is 145 Å². The Kier molecular flexibility index (Phi) is 14.1. The number of hydrogen-bond donors (Lipinski definition) is 1. The summed E-state index contributed by atoms with van der Waals surface area (Å²) in [6.07, 6.45) is 0. The zero-order chi connectivity index (χ0) is 31.0. The van der Waals surface area contributed by atoms with Gasteiger partial charge < -0.3 is 10.6 Å². The van der Waals surface area contributed by atoms with E-state index in [1.54, 1.807) is 0 Å². The molecule has 0 aromatic heterocycles. The van der Waals surface area contributed by atoms with Gasteiger partial charge in [-0.2, -0.15) is 0 Å². The minimum absolute atomic E-state index is 0.799. The molecule has 0 unspecified atom stereocenters. The van der Waals surface area contributed by atoms with E-state index in [9.17, 15) is 0 Å². The quantitative estimate of drug-likeness (QED) is 0.144. The SMILES string of the molecule is Brc1cccc(I)c1.Cc1ccc(N(c2ccc(C)c(Br)c2)c2ccc(C)c(Br)c2)cc1Br.Cc1ccc(N)cc1Br. The third kappa shape index (κ3) is 10.5. The molecule has 8 heteroatoms. The molecule has 0 fully saturated rings. The summed E-state index contributed by atoms with van der Waals surface area (Å²) in [5.41, 5.74) is 14.5. The number of benzene rings is 5. The van der Waals surface area contributed by atoms with E-state index in [-0.39, 0.29) is 0 Å². The van der Waals surface area contributed by atoms with Gasteiger partial charge in [-0.1, -0.05) is 110 Å². The van der Waals surface area contributed by atoms with Gasteiger partial charge in [-0.15, -0.1) is 0 Å². The number of nitrogens with two attached hydrogens (primary N) is 1. The fourth-order valence-corrected chi connectivity index (χ4v) is 6.55. The first-order valence-corrected chi connectivity index (χ1v) is 17.9. The first-order chi connectivity index (χ1) is 19.8. The molecule has 0 radical (unpaired) electrons. The monoisotopic (exact) mass is 988 g/mol. The van der Waals surface area contributed by atoms with Crippen LogP contribution in [0.5, 0.6) is 0 Å². The molecule has 0 amide bonds. The van der Waals surface area contributed by atoms with Crippen molar-refractivity contribution >= 4 is 125 Å². The van der Waals surface area contributed by atoms with Gasteiger partial charge >= 0.3 is 0 Å². The first kappa shape index (κ1) is 35.3. The largest absolute Gasteiger partial charge is 0.399 e. The smallest absolute Gasteiger partial charge is 0.0473 e. The zero-order valence-electron chi connectivity index (χ0n) is 23.5. The van der Waals surface area contributed by atoms with Crippen LogP contribution in [0.3, 0.4) is 0 Å². The Morgan fingerprint density at radius 2 is 0.881 bits per heavy atom. The predicted molar refractivity (Wildman–Crippen MR) is 209 cm³/mol. The number of anilines is 4. The lowest BCUT2D eigenvalue weighted by Gasteiger charge is -2.27. The van der Waals surface area contributed by atoms with Gasteiger partial charge in [0.05, 0.1) is 0 Å². The molecule has 42 heavy (non-hydrogen) atoms. The van der Waals surface area contributed by atoms with Crippen molar-refractivity contribution in [1.29, 1.82) is 0 Å². The summed E-state index contributed by atoms with van der Waals surface area (Å²) in [6.45, 7) is 8.33. The molecule has 0 aliphatic heterocycles. The highest BCUT2D eigenvalue weighted by molar-refractivity contribution is 14.1. The van der Waals surface area contributed by atoms with Crippen LogP contribution in [0.4, 0.5) is 22.7 Å². The van der Waals surface area contributed by atoms with E-state index >= 15 is 0 Å².